The van der Waals surface area contributed by atoms with Crippen LogP contribution in [0, 0.1) is 58.2 Å². The molecule has 0 bridgehead atoms. The lowest BCUT2D eigenvalue weighted by Crippen LogP contribution is -2.00. The van der Waals surface area contributed by atoms with Gasteiger partial charge in [-0.05, 0) is 12.1 Å². The molecule has 0 aliphatic carbocycles. The van der Waals surface area contributed by atoms with Gasteiger partial charge in [0.1, 0.15) is 22.9 Å². The van der Waals surface area contributed by atoms with Crippen molar-refractivity contribution in [2.75, 3.05) is 0 Å². The highest BCUT2D eigenvalue weighted by molar-refractivity contribution is 5.83. The van der Waals surface area contributed by atoms with E-state index in [1.165, 1.54) is 0 Å². The standard InChI is InChI=1S/C18H4F10N2O/c19-7-9(21)13(25)17(14(26)10(7)22)29-3-5-1-2-6(31-5)4-30-18-15(27)11(23)8(20)12(24)16(18)28/h1-4H. The first-order chi connectivity index (χ1) is 14.5. The molecule has 1 heterocycles. The SMILES string of the molecule is Fc1c(F)c(F)c(N=Cc2ccc(C=Nc3c(F)c(F)c(F)c(F)c3F)o2)c(F)c1F. The molecule has 0 amide bonds. The van der Waals surface area contributed by atoms with E-state index in [1.54, 1.807) is 0 Å². The maximum absolute atomic E-state index is 13.5. The topological polar surface area (TPSA) is 37.9 Å². The molecule has 13 heteroatoms. The van der Waals surface area contributed by atoms with Crippen LogP contribution < -0.4 is 0 Å². The largest absolute Gasteiger partial charge is 0.454 e. The Morgan fingerprint density at radius 2 is 0.710 bits per heavy atom. The fraction of sp³-hybridized carbons (Fsp3) is 0. The maximum atomic E-state index is 13.5. The van der Waals surface area contributed by atoms with Crippen LogP contribution >= 0.6 is 0 Å². The summed E-state index contributed by atoms with van der Waals surface area (Å²) in [5.41, 5.74) is -3.02. The van der Waals surface area contributed by atoms with E-state index < -0.39 is 69.5 Å². The molecule has 0 aliphatic rings. The van der Waals surface area contributed by atoms with Crippen LogP contribution in [-0.2, 0) is 0 Å². The molecular formula is C18H4F10N2O. The van der Waals surface area contributed by atoms with Gasteiger partial charge in [-0.15, -0.1) is 0 Å². The van der Waals surface area contributed by atoms with Gasteiger partial charge < -0.3 is 4.42 Å². The fourth-order valence-electron chi connectivity index (χ4n) is 2.18. The Kier molecular flexibility index (Phi) is 5.86. The summed E-state index contributed by atoms with van der Waals surface area (Å²) in [5.74, 6) is -23.1. The van der Waals surface area contributed by atoms with Crippen molar-refractivity contribution >= 4 is 23.8 Å². The molecule has 3 rings (SSSR count). The summed E-state index contributed by atoms with van der Waals surface area (Å²) in [7, 11) is 0. The van der Waals surface area contributed by atoms with E-state index in [1.807, 2.05) is 0 Å². The lowest BCUT2D eigenvalue weighted by Gasteiger charge is -2.03. The van der Waals surface area contributed by atoms with Gasteiger partial charge in [-0.1, -0.05) is 0 Å². The molecule has 1 aromatic heterocycles. The first kappa shape index (κ1) is 22.1. The molecule has 0 saturated heterocycles. The Morgan fingerprint density at radius 1 is 0.452 bits per heavy atom. The number of benzene rings is 2. The molecule has 3 nitrogen and oxygen atoms in total. The van der Waals surface area contributed by atoms with Crippen LogP contribution in [0.15, 0.2) is 26.5 Å². The van der Waals surface area contributed by atoms with Crippen LogP contribution in [0.4, 0.5) is 55.3 Å². The second kappa shape index (κ2) is 8.24. The van der Waals surface area contributed by atoms with Crippen molar-refractivity contribution in [3.8, 4) is 0 Å². The molecule has 0 N–H and O–H groups in total. The Labute approximate surface area is 165 Å². The molecule has 0 spiro atoms. The zero-order valence-electron chi connectivity index (χ0n) is 14.4. The van der Waals surface area contributed by atoms with E-state index in [2.05, 4.69) is 9.98 Å². The molecule has 162 valence electrons. The van der Waals surface area contributed by atoms with E-state index >= 15 is 0 Å². The van der Waals surface area contributed by atoms with Crippen molar-refractivity contribution in [1.29, 1.82) is 0 Å². The molecule has 0 saturated carbocycles. The number of rotatable bonds is 4. The fourth-order valence-corrected chi connectivity index (χ4v) is 2.18. The van der Waals surface area contributed by atoms with Crippen molar-refractivity contribution in [1.82, 2.24) is 0 Å². The second-order valence-corrected chi connectivity index (χ2v) is 5.59. The van der Waals surface area contributed by atoms with Gasteiger partial charge in [0.2, 0.25) is 11.6 Å². The third-order valence-corrected chi connectivity index (χ3v) is 3.66. The summed E-state index contributed by atoms with van der Waals surface area (Å²) < 4.78 is 138. The molecule has 0 aliphatic heterocycles. The summed E-state index contributed by atoms with van der Waals surface area (Å²) in [6, 6.07) is 2.07. The van der Waals surface area contributed by atoms with Crippen LogP contribution in [0.25, 0.3) is 0 Å². The van der Waals surface area contributed by atoms with Gasteiger partial charge >= 0.3 is 0 Å². The van der Waals surface area contributed by atoms with Gasteiger partial charge in [0, 0.05) is 0 Å². The average molecular weight is 454 g/mol. The number of furan rings is 1. The number of hydrogen-bond acceptors (Lipinski definition) is 3. The normalized spacial score (nSPS) is 11.9. The molecule has 2 aromatic carbocycles. The van der Waals surface area contributed by atoms with Crippen molar-refractivity contribution in [3.05, 3.63) is 81.8 Å². The first-order valence-corrected chi connectivity index (χ1v) is 7.75. The second-order valence-electron chi connectivity index (χ2n) is 5.59. The average Bonchev–Trinajstić information content (AvgIpc) is 3.21. The molecule has 3 aromatic rings. The van der Waals surface area contributed by atoms with Crippen molar-refractivity contribution in [2.45, 2.75) is 0 Å². The Hall–Kier alpha value is -3.64. The van der Waals surface area contributed by atoms with Gasteiger partial charge in [0.05, 0.1) is 12.4 Å². The Balaban J connectivity index is 1.90. The summed E-state index contributed by atoms with van der Waals surface area (Å²) in [5, 5.41) is 0. The lowest BCUT2D eigenvalue weighted by atomic mass is 10.2. The highest BCUT2D eigenvalue weighted by atomic mass is 19.2. The molecular weight excluding hydrogens is 450 g/mol. The van der Waals surface area contributed by atoms with E-state index in [0.717, 1.165) is 12.1 Å². The number of hydrogen-bond donors (Lipinski definition) is 0. The third kappa shape index (κ3) is 3.90. The van der Waals surface area contributed by atoms with E-state index in [9.17, 15) is 43.9 Å². The quantitative estimate of drug-likeness (QED) is 0.201. The monoisotopic (exact) mass is 454 g/mol. The van der Waals surface area contributed by atoms with Crippen LogP contribution in [0.3, 0.4) is 0 Å². The van der Waals surface area contributed by atoms with E-state index in [-0.39, 0.29) is 11.5 Å². The molecule has 0 fully saturated rings. The Morgan fingerprint density at radius 3 is 1.00 bits per heavy atom. The predicted octanol–water partition coefficient (Wildman–Crippen LogP) is 6.17. The van der Waals surface area contributed by atoms with Gasteiger partial charge in [-0.3, -0.25) is 0 Å². The van der Waals surface area contributed by atoms with E-state index in [0.29, 0.717) is 12.4 Å². The predicted molar refractivity (Wildman–Crippen MR) is 85.7 cm³/mol. The van der Waals surface area contributed by atoms with Crippen molar-refractivity contribution in [3.63, 3.8) is 0 Å². The van der Waals surface area contributed by atoms with E-state index in [4.69, 9.17) is 4.42 Å². The zero-order chi connectivity index (χ0) is 23.0. The van der Waals surface area contributed by atoms with Crippen LogP contribution in [0.5, 0.6) is 0 Å². The third-order valence-electron chi connectivity index (χ3n) is 3.66. The number of halogens is 10. The maximum Gasteiger partial charge on any atom is 0.200 e. The highest BCUT2D eigenvalue weighted by Gasteiger charge is 2.26. The molecule has 0 radical (unpaired) electrons. The number of nitrogens with zero attached hydrogens (tertiary/aromatic N) is 2. The number of aliphatic imine (C=N–C) groups is 2. The molecule has 0 atom stereocenters. The molecule has 0 unspecified atom stereocenters. The van der Waals surface area contributed by atoms with Gasteiger partial charge in [-0.2, -0.15) is 0 Å². The van der Waals surface area contributed by atoms with Crippen LogP contribution in [-0.4, -0.2) is 12.4 Å². The molecule has 31 heavy (non-hydrogen) atoms. The van der Waals surface area contributed by atoms with Crippen molar-refractivity contribution < 1.29 is 48.3 Å². The minimum atomic E-state index is -2.38. The minimum absolute atomic E-state index is 0.345. The highest BCUT2D eigenvalue weighted by Crippen LogP contribution is 2.30. The van der Waals surface area contributed by atoms with Gasteiger partial charge in [0.25, 0.3) is 0 Å². The first-order valence-electron chi connectivity index (χ1n) is 7.75. The zero-order valence-corrected chi connectivity index (χ0v) is 14.4. The smallest absolute Gasteiger partial charge is 0.200 e. The summed E-state index contributed by atoms with van der Waals surface area (Å²) in [6.07, 6.45) is 1.10. The van der Waals surface area contributed by atoms with Crippen LogP contribution in [0.2, 0.25) is 0 Å². The summed E-state index contributed by atoms with van der Waals surface area (Å²) >= 11 is 0. The van der Waals surface area contributed by atoms with Gasteiger partial charge in [-0.25, -0.2) is 53.9 Å². The Bertz CT molecular complexity index is 1100. The van der Waals surface area contributed by atoms with Crippen LogP contribution in [0.1, 0.15) is 11.5 Å². The summed E-state index contributed by atoms with van der Waals surface area (Å²) in [6.45, 7) is 0. The van der Waals surface area contributed by atoms with Crippen molar-refractivity contribution in [2.24, 2.45) is 9.98 Å². The lowest BCUT2D eigenvalue weighted by molar-refractivity contribution is 0.381. The van der Waals surface area contributed by atoms with Gasteiger partial charge in [0.15, 0.2) is 46.5 Å². The summed E-state index contributed by atoms with van der Waals surface area (Å²) in [4.78, 5) is 6.22. The minimum Gasteiger partial charge on any atom is -0.454 e.